The molecule has 0 spiro atoms. The number of piperidine rings is 1. The van der Waals surface area contributed by atoms with E-state index in [1.807, 2.05) is 18.3 Å². The molecule has 1 aliphatic rings. The second-order valence-electron chi connectivity index (χ2n) is 4.20. The Morgan fingerprint density at radius 2 is 2.36 bits per heavy atom. The Morgan fingerprint density at radius 1 is 1.50 bits per heavy atom. The molecule has 2 heterocycles. The van der Waals surface area contributed by atoms with Crippen molar-refractivity contribution in [2.45, 2.75) is 25.3 Å². The minimum atomic E-state index is -0.133. The fourth-order valence-electron chi connectivity index (χ4n) is 2.25. The summed E-state index contributed by atoms with van der Waals surface area (Å²) < 4.78 is -0.133. The van der Waals surface area contributed by atoms with Gasteiger partial charge in [0.25, 0.3) is 0 Å². The topological polar surface area (TPSA) is 36.0 Å². The van der Waals surface area contributed by atoms with Crippen LogP contribution in [0.15, 0.2) is 24.5 Å². The number of aromatic nitrogens is 1. The molecule has 14 heavy (non-hydrogen) atoms. The monoisotopic (exact) mass is 192 g/mol. The van der Waals surface area contributed by atoms with Gasteiger partial charge in [0.15, 0.2) is 0 Å². The zero-order valence-electron chi connectivity index (χ0n) is 8.52. The molecule has 1 fully saturated rings. The smallest absolute Gasteiger partial charge is 0.116 e. The molecule has 1 aromatic rings. The summed E-state index contributed by atoms with van der Waals surface area (Å²) in [4.78, 5) is 4.08. The molecule has 3 heteroatoms. The molecule has 2 atom stereocenters. The number of likely N-dealkylation sites (tertiary alicyclic amines) is 1. The van der Waals surface area contributed by atoms with Gasteiger partial charge in [0.2, 0.25) is 0 Å². The van der Waals surface area contributed by atoms with E-state index in [1.165, 1.54) is 0 Å². The standard InChI is InChI=1S/C11H16N2O/c1-13(14)8-3-2-6-11(13)10-5-4-7-12-9-10/h4-5,7,9,11H,2-3,6,8H2,1H3/t11-,13-/m0/s1. The van der Waals surface area contributed by atoms with Gasteiger partial charge in [-0.15, -0.1) is 0 Å². The molecule has 2 rings (SSSR count). The molecule has 76 valence electrons. The maximum absolute atomic E-state index is 12.2. The Balaban J connectivity index is 2.24. The summed E-state index contributed by atoms with van der Waals surface area (Å²) in [5.74, 6) is 0. The third-order valence-corrected chi connectivity index (χ3v) is 3.06. The lowest BCUT2D eigenvalue weighted by molar-refractivity contribution is -0.898. The van der Waals surface area contributed by atoms with Crippen LogP contribution in [0.2, 0.25) is 0 Å². The molecule has 1 aliphatic heterocycles. The molecule has 3 nitrogen and oxygen atoms in total. The number of hydroxylamine groups is 3. The molecule has 1 aromatic heterocycles. The number of hydrogen-bond donors (Lipinski definition) is 0. The summed E-state index contributed by atoms with van der Waals surface area (Å²) in [6, 6.07) is 4.01. The molecule has 0 radical (unpaired) electrons. The number of quaternary nitrogens is 1. The third kappa shape index (κ3) is 1.79. The molecule has 0 unspecified atom stereocenters. The first-order chi connectivity index (χ1) is 6.70. The van der Waals surface area contributed by atoms with Crippen LogP contribution in [-0.4, -0.2) is 23.2 Å². The van der Waals surface area contributed by atoms with E-state index >= 15 is 0 Å². The van der Waals surface area contributed by atoms with Crippen molar-refractivity contribution >= 4 is 0 Å². The highest BCUT2D eigenvalue weighted by molar-refractivity contribution is 5.12. The minimum Gasteiger partial charge on any atom is -0.633 e. The predicted octanol–water partition coefficient (Wildman–Crippen LogP) is 2.25. The summed E-state index contributed by atoms with van der Waals surface area (Å²) >= 11 is 0. The molecular weight excluding hydrogens is 176 g/mol. The predicted molar refractivity (Wildman–Crippen MR) is 55.2 cm³/mol. The molecule has 1 saturated heterocycles. The van der Waals surface area contributed by atoms with Crippen LogP contribution in [0.3, 0.4) is 0 Å². The molecular formula is C11H16N2O. The van der Waals surface area contributed by atoms with E-state index in [2.05, 4.69) is 4.98 Å². The lowest BCUT2D eigenvalue weighted by atomic mass is 9.96. The summed E-state index contributed by atoms with van der Waals surface area (Å²) in [6.07, 6.45) is 6.78. The lowest BCUT2D eigenvalue weighted by Crippen LogP contribution is -2.44. The normalized spacial score (nSPS) is 32.9. The van der Waals surface area contributed by atoms with Gasteiger partial charge in [-0.3, -0.25) is 4.98 Å². The minimum absolute atomic E-state index is 0.0949. The highest BCUT2D eigenvalue weighted by Gasteiger charge is 2.29. The SMILES string of the molecule is C[N@+]1([O-])CCCC[C@H]1c1cccnc1. The number of nitrogens with zero attached hydrogens (tertiary/aromatic N) is 2. The van der Waals surface area contributed by atoms with Crippen molar-refractivity contribution in [3.63, 3.8) is 0 Å². The van der Waals surface area contributed by atoms with Crippen LogP contribution in [0.5, 0.6) is 0 Å². The molecule has 0 bridgehead atoms. The Hall–Kier alpha value is -0.930. The number of hydrogen-bond acceptors (Lipinski definition) is 2. The van der Waals surface area contributed by atoms with Gasteiger partial charge < -0.3 is 9.85 Å². The molecule has 0 saturated carbocycles. The lowest BCUT2D eigenvalue weighted by Gasteiger charge is -2.48. The van der Waals surface area contributed by atoms with Crippen LogP contribution in [0.25, 0.3) is 0 Å². The van der Waals surface area contributed by atoms with Crippen molar-refractivity contribution in [2.75, 3.05) is 13.6 Å². The molecule has 0 N–H and O–H groups in total. The fourth-order valence-corrected chi connectivity index (χ4v) is 2.25. The van der Waals surface area contributed by atoms with Crippen molar-refractivity contribution in [1.82, 2.24) is 4.98 Å². The van der Waals surface area contributed by atoms with Crippen molar-refractivity contribution < 1.29 is 4.65 Å². The number of rotatable bonds is 1. The molecule has 0 aliphatic carbocycles. The van der Waals surface area contributed by atoms with Crippen LogP contribution in [0.4, 0.5) is 0 Å². The van der Waals surface area contributed by atoms with E-state index < -0.39 is 0 Å². The Kier molecular flexibility index (Phi) is 2.52. The fraction of sp³-hybridized carbons (Fsp3) is 0.545. The van der Waals surface area contributed by atoms with Crippen LogP contribution >= 0.6 is 0 Å². The first-order valence-corrected chi connectivity index (χ1v) is 5.16. The zero-order valence-corrected chi connectivity index (χ0v) is 8.52. The quantitative estimate of drug-likeness (QED) is 0.505. The Morgan fingerprint density at radius 3 is 3.00 bits per heavy atom. The summed E-state index contributed by atoms with van der Waals surface area (Å²) in [5, 5.41) is 12.2. The summed E-state index contributed by atoms with van der Waals surface area (Å²) in [7, 11) is 1.77. The van der Waals surface area contributed by atoms with Gasteiger partial charge in [0.05, 0.1) is 13.6 Å². The van der Waals surface area contributed by atoms with Crippen LogP contribution in [0.1, 0.15) is 30.9 Å². The first kappa shape index (κ1) is 9.62. The second kappa shape index (κ2) is 3.67. The summed E-state index contributed by atoms with van der Waals surface area (Å²) in [6.45, 7) is 0.736. The molecule has 0 amide bonds. The van der Waals surface area contributed by atoms with Gasteiger partial charge in [-0.05, 0) is 18.9 Å². The third-order valence-electron chi connectivity index (χ3n) is 3.06. The average Bonchev–Trinajstić information content (AvgIpc) is 2.18. The van der Waals surface area contributed by atoms with Crippen LogP contribution < -0.4 is 0 Å². The van der Waals surface area contributed by atoms with Crippen molar-refractivity contribution in [3.8, 4) is 0 Å². The van der Waals surface area contributed by atoms with Gasteiger partial charge in [-0.1, -0.05) is 6.07 Å². The van der Waals surface area contributed by atoms with Crippen molar-refractivity contribution in [1.29, 1.82) is 0 Å². The highest BCUT2D eigenvalue weighted by atomic mass is 16.5. The van der Waals surface area contributed by atoms with Gasteiger partial charge in [-0.25, -0.2) is 0 Å². The van der Waals surface area contributed by atoms with Gasteiger partial charge in [0.1, 0.15) is 6.04 Å². The Bertz CT molecular complexity index is 297. The van der Waals surface area contributed by atoms with E-state index in [0.29, 0.717) is 0 Å². The zero-order chi connectivity index (χ0) is 10.0. The first-order valence-electron chi connectivity index (χ1n) is 5.16. The van der Waals surface area contributed by atoms with E-state index in [1.54, 1.807) is 13.2 Å². The second-order valence-corrected chi connectivity index (χ2v) is 4.20. The van der Waals surface area contributed by atoms with Gasteiger partial charge in [0, 0.05) is 24.4 Å². The maximum Gasteiger partial charge on any atom is 0.116 e. The van der Waals surface area contributed by atoms with Crippen LogP contribution in [0, 0.1) is 5.21 Å². The van der Waals surface area contributed by atoms with Crippen molar-refractivity contribution in [2.24, 2.45) is 0 Å². The van der Waals surface area contributed by atoms with Crippen molar-refractivity contribution in [3.05, 3.63) is 35.3 Å². The molecule has 0 aromatic carbocycles. The van der Waals surface area contributed by atoms with E-state index in [-0.39, 0.29) is 10.7 Å². The summed E-state index contributed by atoms with van der Waals surface area (Å²) in [5.41, 5.74) is 1.09. The van der Waals surface area contributed by atoms with E-state index in [9.17, 15) is 5.21 Å². The average molecular weight is 192 g/mol. The van der Waals surface area contributed by atoms with E-state index in [0.717, 1.165) is 31.4 Å². The number of pyridine rings is 1. The largest absolute Gasteiger partial charge is 0.633 e. The maximum atomic E-state index is 12.2. The van der Waals surface area contributed by atoms with Crippen LogP contribution in [-0.2, 0) is 0 Å². The van der Waals surface area contributed by atoms with E-state index in [4.69, 9.17) is 0 Å². The highest BCUT2D eigenvalue weighted by Crippen LogP contribution is 2.34. The Labute approximate surface area is 84.6 Å². The van der Waals surface area contributed by atoms with Gasteiger partial charge >= 0.3 is 0 Å². The van der Waals surface area contributed by atoms with Gasteiger partial charge in [-0.2, -0.15) is 0 Å².